The predicted molar refractivity (Wildman–Crippen MR) is 68.5 cm³/mol. The molecule has 0 bridgehead atoms. The molecule has 0 saturated heterocycles. The van der Waals surface area contributed by atoms with E-state index in [1.807, 2.05) is 6.92 Å². The lowest BCUT2D eigenvalue weighted by molar-refractivity contribution is 0.997. The fourth-order valence-electron chi connectivity index (χ4n) is 1.23. The molecule has 1 rings (SSSR count). The van der Waals surface area contributed by atoms with Crippen LogP contribution in [-0.4, -0.2) is 10.7 Å². The SMILES string of the molecule is CCCSc1nc(N)c(N)c(Cl)c1CC. The van der Waals surface area contributed by atoms with E-state index in [0.717, 1.165) is 29.2 Å². The van der Waals surface area contributed by atoms with Crippen molar-refractivity contribution in [2.45, 2.75) is 31.7 Å². The standard InChI is InChI=1S/C10H16ClN3S/c1-3-5-15-10-6(4-2)7(11)8(12)9(13)14-10/h3-5,12H2,1-2H3,(H2,13,14). The predicted octanol–water partition coefficient (Wildman–Crippen LogP) is 2.96. The van der Waals surface area contributed by atoms with E-state index in [-0.39, 0.29) is 0 Å². The van der Waals surface area contributed by atoms with Crippen molar-refractivity contribution in [2.75, 3.05) is 17.2 Å². The quantitative estimate of drug-likeness (QED) is 0.801. The van der Waals surface area contributed by atoms with Crippen LogP contribution < -0.4 is 11.5 Å². The van der Waals surface area contributed by atoms with E-state index in [1.54, 1.807) is 11.8 Å². The average molecular weight is 246 g/mol. The summed E-state index contributed by atoms with van der Waals surface area (Å²) in [6.07, 6.45) is 1.92. The van der Waals surface area contributed by atoms with Crippen LogP contribution in [0.3, 0.4) is 0 Å². The number of thioether (sulfide) groups is 1. The summed E-state index contributed by atoms with van der Waals surface area (Å²) in [4.78, 5) is 4.27. The minimum absolute atomic E-state index is 0.329. The molecule has 0 aliphatic rings. The summed E-state index contributed by atoms with van der Waals surface area (Å²) in [5.41, 5.74) is 12.8. The fourth-order valence-corrected chi connectivity index (χ4v) is 2.59. The van der Waals surface area contributed by atoms with Crippen LogP contribution in [0.15, 0.2) is 5.03 Å². The van der Waals surface area contributed by atoms with Gasteiger partial charge >= 0.3 is 0 Å². The van der Waals surface area contributed by atoms with Crippen LogP contribution in [0, 0.1) is 0 Å². The van der Waals surface area contributed by atoms with Crippen molar-refractivity contribution in [3.8, 4) is 0 Å². The molecule has 4 N–H and O–H groups in total. The Hall–Kier alpha value is -0.610. The van der Waals surface area contributed by atoms with Crippen LogP contribution in [0.1, 0.15) is 25.8 Å². The highest BCUT2D eigenvalue weighted by Gasteiger charge is 2.13. The maximum atomic E-state index is 6.12. The number of anilines is 2. The van der Waals surface area contributed by atoms with E-state index >= 15 is 0 Å². The Bertz CT molecular complexity index is 355. The number of aromatic nitrogens is 1. The van der Waals surface area contributed by atoms with Gasteiger partial charge in [-0.1, -0.05) is 25.4 Å². The summed E-state index contributed by atoms with van der Waals surface area (Å²) >= 11 is 7.80. The third-order valence-corrected chi connectivity index (χ3v) is 3.71. The normalized spacial score (nSPS) is 10.6. The Kier molecular flexibility index (Phi) is 4.54. The fraction of sp³-hybridized carbons (Fsp3) is 0.500. The molecule has 0 spiro atoms. The van der Waals surface area contributed by atoms with Crippen LogP contribution in [-0.2, 0) is 6.42 Å². The molecule has 84 valence electrons. The molecule has 0 saturated carbocycles. The topological polar surface area (TPSA) is 64.9 Å². The molecular formula is C10H16ClN3S. The summed E-state index contributed by atoms with van der Waals surface area (Å²) in [5.74, 6) is 1.34. The van der Waals surface area contributed by atoms with Gasteiger partial charge in [-0.25, -0.2) is 4.98 Å². The van der Waals surface area contributed by atoms with Gasteiger partial charge < -0.3 is 11.5 Å². The van der Waals surface area contributed by atoms with E-state index < -0.39 is 0 Å². The average Bonchev–Trinajstić information content (AvgIpc) is 2.23. The minimum Gasteiger partial charge on any atom is -0.395 e. The Morgan fingerprint density at radius 1 is 1.33 bits per heavy atom. The molecule has 0 aromatic carbocycles. The highest BCUT2D eigenvalue weighted by molar-refractivity contribution is 7.99. The van der Waals surface area contributed by atoms with E-state index in [9.17, 15) is 0 Å². The maximum absolute atomic E-state index is 6.12. The first-order chi connectivity index (χ1) is 7.11. The number of halogens is 1. The van der Waals surface area contributed by atoms with Gasteiger partial charge in [-0.3, -0.25) is 0 Å². The van der Waals surface area contributed by atoms with Crippen molar-refractivity contribution in [3.05, 3.63) is 10.6 Å². The second-order valence-electron chi connectivity index (χ2n) is 3.21. The lowest BCUT2D eigenvalue weighted by Crippen LogP contribution is -2.04. The van der Waals surface area contributed by atoms with Gasteiger partial charge in [-0.15, -0.1) is 11.8 Å². The van der Waals surface area contributed by atoms with E-state index in [1.165, 1.54) is 0 Å². The first-order valence-corrected chi connectivity index (χ1v) is 6.34. The van der Waals surface area contributed by atoms with Gasteiger partial charge in [-0.05, 0) is 18.6 Å². The third-order valence-electron chi connectivity index (χ3n) is 2.05. The number of rotatable bonds is 4. The van der Waals surface area contributed by atoms with Crippen LogP contribution in [0.2, 0.25) is 5.02 Å². The van der Waals surface area contributed by atoms with Crippen molar-refractivity contribution in [1.29, 1.82) is 0 Å². The van der Waals surface area contributed by atoms with E-state index in [2.05, 4.69) is 11.9 Å². The van der Waals surface area contributed by atoms with Gasteiger partial charge in [0.15, 0.2) is 0 Å². The molecule has 15 heavy (non-hydrogen) atoms. The monoisotopic (exact) mass is 245 g/mol. The van der Waals surface area contributed by atoms with Crippen molar-refractivity contribution in [1.82, 2.24) is 4.98 Å². The summed E-state index contributed by atoms with van der Waals surface area (Å²) in [7, 11) is 0. The first-order valence-electron chi connectivity index (χ1n) is 4.97. The summed E-state index contributed by atoms with van der Waals surface area (Å²) in [6, 6.07) is 0. The number of pyridine rings is 1. The lowest BCUT2D eigenvalue weighted by atomic mass is 10.2. The van der Waals surface area contributed by atoms with Gasteiger partial charge in [0.1, 0.15) is 10.8 Å². The molecule has 1 aromatic rings. The molecule has 3 nitrogen and oxygen atoms in total. The summed E-state index contributed by atoms with van der Waals surface area (Å²) < 4.78 is 0. The molecule has 0 radical (unpaired) electrons. The van der Waals surface area contributed by atoms with Crippen molar-refractivity contribution in [2.24, 2.45) is 0 Å². The van der Waals surface area contributed by atoms with Gasteiger partial charge in [0, 0.05) is 5.56 Å². The third kappa shape index (κ3) is 2.69. The molecule has 0 fully saturated rings. The van der Waals surface area contributed by atoms with E-state index in [0.29, 0.717) is 16.5 Å². The molecule has 5 heteroatoms. The Morgan fingerprint density at radius 3 is 2.53 bits per heavy atom. The highest BCUT2D eigenvalue weighted by Crippen LogP contribution is 2.34. The van der Waals surface area contributed by atoms with Gasteiger partial charge in [0.25, 0.3) is 0 Å². The molecule has 0 amide bonds. The summed E-state index contributed by atoms with van der Waals surface area (Å²) in [5, 5.41) is 1.47. The van der Waals surface area contributed by atoms with E-state index in [4.69, 9.17) is 23.1 Å². The van der Waals surface area contributed by atoms with Crippen LogP contribution in [0.25, 0.3) is 0 Å². The Morgan fingerprint density at radius 2 is 2.00 bits per heavy atom. The van der Waals surface area contributed by atoms with Gasteiger partial charge in [0.2, 0.25) is 0 Å². The number of nitrogens with two attached hydrogens (primary N) is 2. The second kappa shape index (κ2) is 5.47. The lowest BCUT2D eigenvalue weighted by Gasteiger charge is -2.12. The largest absolute Gasteiger partial charge is 0.395 e. The number of nitrogens with zero attached hydrogens (tertiary/aromatic N) is 1. The smallest absolute Gasteiger partial charge is 0.149 e. The second-order valence-corrected chi connectivity index (χ2v) is 4.67. The van der Waals surface area contributed by atoms with Crippen molar-refractivity contribution in [3.63, 3.8) is 0 Å². The zero-order valence-electron chi connectivity index (χ0n) is 9.01. The molecule has 1 heterocycles. The Labute approximate surface area is 99.6 Å². The summed E-state index contributed by atoms with van der Waals surface area (Å²) in [6.45, 7) is 4.16. The number of nitrogen functional groups attached to an aromatic ring is 2. The first kappa shape index (κ1) is 12.5. The van der Waals surface area contributed by atoms with Gasteiger partial charge in [0.05, 0.1) is 10.7 Å². The zero-order chi connectivity index (χ0) is 11.4. The molecular weight excluding hydrogens is 230 g/mol. The van der Waals surface area contributed by atoms with Crippen molar-refractivity contribution < 1.29 is 0 Å². The molecule has 1 aromatic heterocycles. The van der Waals surface area contributed by atoms with Gasteiger partial charge in [-0.2, -0.15) is 0 Å². The minimum atomic E-state index is 0.329. The van der Waals surface area contributed by atoms with Crippen LogP contribution >= 0.6 is 23.4 Å². The molecule has 0 unspecified atom stereocenters. The van der Waals surface area contributed by atoms with Crippen LogP contribution in [0.4, 0.5) is 11.5 Å². The zero-order valence-corrected chi connectivity index (χ0v) is 10.6. The molecule has 0 aliphatic heterocycles. The molecule has 0 atom stereocenters. The molecule has 0 aliphatic carbocycles. The maximum Gasteiger partial charge on any atom is 0.149 e. The number of hydrogen-bond donors (Lipinski definition) is 2. The number of hydrogen-bond acceptors (Lipinski definition) is 4. The van der Waals surface area contributed by atoms with Crippen LogP contribution in [0.5, 0.6) is 0 Å². The van der Waals surface area contributed by atoms with Crippen molar-refractivity contribution >= 4 is 34.9 Å². The Balaban J connectivity index is 3.13. The highest BCUT2D eigenvalue weighted by atomic mass is 35.5.